The van der Waals surface area contributed by atoms with Crippen LogP contribution >= 0.6 is 0 Å². The van der Waals surface area contributed by atoms with E-state index in [4.69, 9.17) is 10.6 Å². The largest absolute Gasteiger partial charge is 0.299 e. The molecule has 0 N–H and O–H groups in total. The van der Waals surface area contributed by atoms with Gasteiger partial charge in [0.2, 0.25) is 0 Å². The lowest BCUT2D eigenvalue weighted by molar-refractivity contribution is -0.120. The average molecular weight is 343 g/mol. The minimum absolute atomic E-state index is 0.00381. The standard InChI is InChI=1S/C18H17NO4S/c1-3-13-19(16-7-5-4-6-8-16)18(20)14-23-24(21,22)17-11-9-15(2)10-12-17/h1,4-12H,13-14H2,2H3. The number of amides is 1. The van der Waals surface area contributed by atoms with E-state index >= 15 is 0 Å². The summed E-state index contributed by atoms with van der Waals surface area (Å²) in [5.41, 5.74) is 1.51. The monoisotopic (exact) mass is 343 g/mol. The van der Waals surface area contributed by atoms with Gasteiger partial charge in [-0.05, 0) is 31.2 Å². The molecule has 0 radical (unpaired) electrons. The van der Waals surface area contributed by atoms with E-state index in [0.717, 1.165) is 5.56 Å². The molecule has 0 heterocycles. The zero-order valence-electron chi connectivity index (χ0n) is 13.2. The number of terminal acetylenes is 1. The van der Waals surface area contributed by atoms with Crippen LogP contribution in [0.25, 0.3) is 0 Å². The molecule has 0 unspecified atom stereocenters. The van der Waals surface area contributed by atoms with E-state index in [0.29, 0.717) is 5.69 Å². The SMILES string of the molecule is C#CCN(C(=O)COS(=O)(=O)c1ccc(C)cc1)c1ccccc1. The molecule has 2 aromatic rings. The summed E-state index contributed by atoms with van der Waals surface area (Å²) in [6, 6.07) is 14.9. The number of rotatable bonds is 6. The highest BCUT2D eigenvalue weighted by Gasteiger charge is 2.20. The Morgan fingerprint density at radius 3 is 2.33 bits per heavy atom. The molecule has 24 heavy (non-hydrogen) atoms. The topological polar surface area (TPSA) is 63.7 Å². The summed E-state index contributed by atoms with van der Waals surface area (Å²) in [7, 11) is -4.00. The van der Waals surface area contributed by atoms with Crippen LogP contribution in [0.5, 0.6) is 0 Å². The first-order valence-electron chi connectivity index (χ1n) is 7.19. The lowest BCUT2D eigenvalue weighted by Gasteiger charge is -2.20. The Hall–Kier alpha value is -2.62. The summed E-state index contributed by atoms with van der Waals surface area (Å²) in [5, 5.41) is 0. The maximum atomic E-state index is 12.3. The Labute approximate surface area is 142 Å². The van der Waals surface area contributed by atoms with Gasteiger partial charge >= 0.3 is 0 Å². The quantitative estimate of drug-likeness (QED) is 0.597. The molecule has 0 aliphatic carbocycles. The number of carbonyl (C=O) groups is 1. The molecule has 0 saturated heterocycles. The molecule has 0 bridgehead atoms. The zero-order chi connectivity index (χ0) is 17.6. The van der Waals surface area contributed by atoms with Crippen molar-refractivity contribution in [3.8, 4) is 12.3 Å². The fourth-order valence-electron chi connectivity index (χ4n) is 2.00. The molecule has 0 aliphatic heterocycles. The van der Waals surface area contributed by atoms with Gasteiger partial charge < -0.3 is 0 Å². The zero-order valence-corrected chi connectivity index (χ0v) is 14.0. The van der Waals surface area contributed by atoms with Crippen molar-refractivity contribution in [3.05, 3.63) is 60.2 Å². The number of hydrogen-bond donors (Lipinski definition) is 0. The van der Waals surface area contributed by atoms with Crippen molar-refractivity contribution in [1.82, 2.24) is 0 Å². The predicted molar refractivity (Wildman–Crippen MR) is 91.9 cm³/mol. The van der Waals surface area contributed by atoms with Gasteiger partial charge in [0, 0.05) is 5.69 Å². The van der Waals surface area contributed by atoms with Crippen LogP contribution in [0.1, 0.15) is 5.56 Å². The maximum Gasteiger partial charge on any atom is 0.297 e. The molecule has 2 aromatic carbocycles. The molecule has 6 heteroatoms. The Balaban J connectivity index is 2.10. The van der Waals surface area contributed by atoms with Gasteiger partial charge in [-0.1, -0.05) is 41.8 Å². The van der Waals surface area contributed by atoms with E-state index in [2.05, 4.69) is 5.92 Å². The van der Waals surface area contributed by atoms with Crippen LogP contribution in [0.4, 0.5) is 5.69 Å². The fraction of sp³-hybridized carbons (Fsp3) is 0.167. The molecule has 1 amide bonds. The van der Waals surface area contributed by atoms with Crippen molar-refractivity contribution in [1.29, 1.82) is 0 Å². The van der Waals surface area contributed by atoms with E-state index < -0.39 is 22.6 Å². The molecule has 2 rings (SSSR count). The number of hydrogen-bond acceptors (Lipinski definition) is 4. The van der Waals surface area contributed by atoms with Crippen LogP contribution in [-0.4, -0.2) is 27.5 Å². The lowest BCUT2D eigenvalue weighted by Crippen LogP contribution is -2.35. The minimum atomic E-state index is -4.00. The first-order chi connectivity index (χ1) is 11.4. The molecule has 0 aromatic heterocycles. The molecule has 5 nitrogen and oxygen atoms in total. The van der Waals surface area contributed by atoms with Gasteiger partial charge in [-0.15, -0.1) is 6.42 Å². The van der Waals surface area contributed by atoms with E-state index in [1.807, 2.05) is 6.92 Å². The van der Waals surface area contributed by atoms with Crippen molar-refractivity contribution in [2.24, 2.45) is 0 Å². The van der Waals surface area contributed by atoms with Gasteiger partial charge in [0.15, 0.2) is 0 Å². The highest BCUT2D eigenvalue weighted by Crippen LogP contribution is 2.16. The molecular formula is C18H17NO4S. The highest BCUT2D eigenvalue weighted by atomic mass is 32.2. The third kappa shape index (κ3) is 4.44. The van der Waals surface area contributed by atoms with Crippen molar-refractivity contribution < 1.29 is 17.4 Å². The summed E-state index contributed by atoms with van der Waals surface area (Å²) in [6.45, 7) is 1.25. The summed E-state index contributed by atoms with van der Waals surface area (Å²) in [6.07, 6.45) is 5.29. The van der Waals surface area contributed by atoms with Crippen LogP contribution in [-0.2, 0) is 19.1 Å². The number of anilines is 1. The Bertz CT molecular complexity index is 837. The lowest BCUT2D eigenvalue weighted by atomic mass is 10.2. The smallest absolute Gasteiger partial charge is 0.297 e. The predicted octanol–water partition coefficient (Wildman–Crippen LogP) is 2.37. The van der Waals surface area contributed by atoms with Crippen LogP contribution in [0.15, 0.2) is 59.5 Å². The van der Waals surface area contributed by atoms with E-state index in [-0.39, 0.29) is 11.4 Å². The summed E-state index contributed by atoms with van der Waals surface area (Å²) in [4.78, 5) is 13.6. The Morgan fingerprint density at radius 1 is 1.12 bits per heavy atom. The molecule has 0 fully saturated rings. The van der Waals surface area contributed by atoms with Gasteiger partial charge in [0.25, 0.3) is 16.0 Å². The Kier molecular flexibility index (Phi) is 5.74. The summed E-state index contributed by atoms with van der Waals surface area (Å²) >= 11 is 0. The van der Waals surface area contributed by atoms with Crippen LogP contribution < -0.4 is 4.90 Å². The van der Waals surface area contributed by atoms with Gasteiger partial charge in [0.1, 0.15) is 6.61 Å². The van der Waals surface area contributed by atoms with Crippen LogP contribution in [0.2, 0.25) is 0 Å². The van der Waals surface area contributed by atoms with Crippen LogP contribution in [0, 0.1) is 19.3 Å². The Morgan fingerprint density at radius 2 is 1.75 bits per heavy atom. The third-order valence-electron chi connectivity index (χ3n) is 3.27. The fourth-order valence-corrected chi connectivity index (χ4v) is 2.86. The van der Waals surface area contributed by atoms with Crippen molar-refractivity contribution in [2.75, 3.05) is 18.1 Å². The van der Waals surface area contributed by atoms with Gasteiger partial charge in [-0.2, -0.15) is 8.42 Å². The van der Waals surface area contributed by atoms with E-state index in [9.17, 15) is 13.2 Å². The first kappa shape index (κ1) is 17.7. The number of benzene rings is 2. The third-order valence-corrected chi connectivity index (χ3v) is 4.54. The van der Waals surface area contributed by atoms with Gasteiger partial charge in [-0.25, -0.2) is 0 Å². The molecule has 0 aliphatic rings. The normalized spacial score (nSPS) is 10.8. The number of carbonyl (C=O) groups excluding carboxylic acids is 1. The molecule has 0 saturated carbocycles. The number of aryl methyl sites for hydroxylation is 1. The second kappa shape index (κ2) is 7.77. The summed E-state index contributed by atoms with van der Waals surface area (Å²) < 4.78 is 29.1. The van der Waals surface area contributed by atoms with Gasteiger partial charge in [-0.3, -0.25) is 13.9 Å². The molecule has 0 spiro atoms. The second-order valence-electron chi connectivity index (χ2n) is 5.05. The van der Waals surface area contributed by atoms with Gasteiger partial charge in [0.05, 0.1) is 11.4 Å². The van der Waals surface area contributed by atoms with E-state index in [1.54, 1.807) is 42.5 Å². The maximum absolute atomic E-state index is 12.3. The first-order valence-corrected chi connectivity index (χ1v) is 8.60. The van der Waals surface area contributed by atoms with Crippen molar-refractivity contribution in [2.45, 2.75) is 11.8 Å². The number of nitrogens with zero attached hydrogens (tertiary/aromatic N) is 1. The second-order valence-corrected chi connectivity index (χ2v) is 6.66. The molecule has 0 atom stereocenters. The summed E-state index contributed by atoms with van der Waals surface area (Å²) in [5.74, 6) is 1.85. The van der Waals surface area contributed by atoms with Crippen molar-refractivity contribution >= 4 is 21.7 Å². The number of para-hydroxylation sites is 1. The highest BCUT2D eigenvalue weighted by molar-refractivity contribution is 7.86. The van der Waals surface area contributed by atoms with E-state index in [1.165, 1.54) is 17.0 Å². The van der Waals surface area contributed by atoms with Crippen molar-refractivity contribution in [3.63, 3.8) is 0 Å². The minimum Gasteiger partial charge on any atom is -0.299 e. The molecular weight excluding hydrogens is 326 g/mol. The average Bonchev–Trinajstić information content (AvgIpc) is 2.59. The molecule has 124 valence electrons. The van der Waals surface area contributed by atoms with Crippen LogP contribution in [0.3, 0.4) is 0 Å².